The highest BCUT2D eigenvalue weighted by molar-refractivity contribution is 6.01. The van der Waals surface area contributed by atoms with Crippen molar-refractivity contribution in [2.24, 2.45) is 0 Å². The van der Waals surface area contributed by atoms with Crippen molar-refractivity contribution >= 4 is 29.1 Å². The predicted molar refractivity (Wildman–Crippen MR) is 124 cm³/mol. The second-order valence-electron chi connectivity index (χ2n) is 6.83. The molecule has 3 rings (SSSR count). The van der Waals surface area contributed by atoms with Crippen LogP contribution >= 0.6 is 0 Å². The van der Waals surface area contributed by atoms with Gasteiger partial charge in [0, 0.05) is 18.8 Å². The Morgan fingerprint density at radius 3 is 2.25 bits per heavy atom. The van der Waals surface area contributed by atoms with E-state index in [-0.39, 0.29) is 11.7 Å². The van der Waals surface area contributed by atoms with Gasteiger partial charge in [0.1, 0.15) is 11.6 Å². The third-order valence-corrected chi connectivity index (χ3v) is 4.63. The molecule has 0 saturated carbocycles. The number of urea groups is 2. The van der Waals surface area contributed by atoms with Gasteiger partial charge in [-0.05, 0) is 42.8 Å². The van der Waals surface area contributed by atoms with Crippen molar-refractivity contribution < 1.29 is 18.7 Å². The zero-order valence-corrected chi connectivity index (χ0v) is 17.7. The maximum absolute atomic E-state index is 13.9. The second kappa shape index (κ2) is 11.4. The summed E-state index contributed by atoms with van der Waals surface area (Å²) >= 11 is 0. The van der Waals surface area contributed by atoms with Gasteiger partial charge in [-0.3, -0.25) is 4.90 Å². The number of carbonyl (C=O) groups excluding carboxylic acids is 2. The maximum atomic E-state index is 13.9. The normalized spacial score (nSPS) is 10.2. The molecule has 0 aliphatic carbocycles. The van der Waals surface area contributed by atoms with Crippen molar-refractivity contribution in [3.63, 3.8) is 0 Å². The van der Waals surface area contributed by atoms with Crippen LogP contribution in [0.1, 0.15) is 6.42 Å². The van der Waals surface area contributed by atoms with E-state index in [1.807, 2.05) is 24.3 Å². The highest BCUT2D eigenvalue weighted by Crippen LogP contribution is 2.22. The van der Waals surface area contributed by atoms with Crippen LogP contribution < -0.4 is 25.6 Å². The molecule has 0 aromatic heterocycles. The third-order valence-electron chi connectivity index (χ3n) is 4.63. The van der Waals surface area contributed by atoms with Gasteiger partial charge in [-0.15, -0.1) is 0 Å². The van der Waals surface area contributed by atoms with Crippen molar-refractivity contribution in [3.05, 3.63) is 84.7 Å². The smallest absolute Gasteiger partial charge is 0.326 e. The summed E-state index contributed by atoms with van der Waals surface area (Å²) in [7, 11) is 1.53. The van der Waals surface area contributed by atoms with E-state index in [0.717, 1.165) is 0 Å². The Hall–Kier alpha value is -4.07. The Morgan fingerprint density at radius 2 is 1.53 bits per heavy atom. The number of nitrogens with one attached hydrogen (secondary N) is 3. The standard InChI is InChI=1S/C24H25FN4O3/c1-32-22-15-8-7-14-21(22)27-23(30)26-16-9-17-29(18-10-3-2-4-11-18)24(31)28-20-13-6-5-12-19(20)25/h2-8,10-15H,9,16-17H2,1H3,(H,28,31)(H2,26,27,30). The van der Waals surface area contributed by atoms with Crippen LogP contribution in [0.3, 0.4) is 0 Å². The second-order valence-corrected chi connectivity index (χ2v) is 6.83. The minimum atomic E-state index is -0.511. The Kier molecular flexibility index (Phi) is 8.02. The van der Waals surface area contributed by atoms with Gasteiger partial charge < -0.3 is 20.7 Å². The molecule has 0 aliphatic heterocycles. The van der Waals surface area contributed by atoms with Crippen LogP contribution in [0, 0.1) is 5.82 Å². The van der Waals surface area contributed by atoms with E-state index >= 15 is 0 Å². The number of ether oxygens (including phenoxy) is 1. The first-order valence-electron chi connectivity index (χ1n) is 10.1. The molecule has 166 valence electrons. The molecule has 32 heavy (non-hydrogen) atoms. The van der Waals surface area contributed by atoms with Gasteiger partial charge in [0.2, 0.25) is 0 Å². The first kappa shape index (κ1) is 22.6. The number of nitrogens with zero attached hydrogens (tertiary/aromatic N) is 1. The van der Waals surface area contributed by atoms with Gasteiger partial charge in [0.15, 0.2) is 0 Å². The summed E-state index contributed by atoms with van der Waals surface area (Å²) in [6, 6.07) is 21.3. The number of rotatable bonds is 8. The van der Waals surface area contributed by atoms with E-state index in [1.165, 1.54) is 24.1 Å². The molecule has 8 heteroatoms. The van der Waals surface area contributed by atoms with Crippen LogP contribution in [0.25, 0.3) is 0 Å². The molecule has 3 aromatic carbocycles. The summed E-state index contributed by atoms with van der Waals surface area (Å²) in [5.41, 5.74) is 1.33. The number of methoxy groups -OCH3 is 1. The molecule has 3 N–H and O–H groups in total. The Balaban J connectivity index is 1.57. The molecule has 0 aliphatic rings. The van der Waals surface area contributed by atoms with Crippen molar-refractivity contribution in [3.8, 4) is 5.75 Å². The fraction of sp³-hybridized carbons (Fsp3) is 0.167. The summed E-state index contributed by atoms with van der Waals surface area (Å²) < 4.78 is 19.2. The van der Waals surface area contributed by atoms with Gasteiger partial charge in [-0.2, -0.15) is 0 Å². The van der Waals surface area contributed by atoms with E-state index in [2.05, 4.69) is 16.0 Å². The molecule has 0 heterocycles. The highest BCUT2D eigenvalue weighted by atomic mass is 19.1. The third kappa shape index (κ3) is 6.21. The van der Waals surface area contributed by atoms with Gasteiger partial charge in [0.05, 0.1) is 18.5 Å². The van der Waals surface area contributed by atoms with Crippen LogP contribution in [-0.2, 0) is 0 Å². The summed E-state index contributed by atoms with van der Waals surface area (Å²) in [5.74, 6) is 0.0475. The summed E-state index contributed by atoms with van der Waals surface area (Å²) in [4.78, 5) is 26.5. The van der Waals surface area contributed by atoms with Crippen molar-refractivity contribution in [1.82, 2.24) is 5.32 Å². The molecule has 0 spiro atoms. The molecule has 4 amide bonds. The lowest BCUT2D eigenvalue weighted by Gasteiger charge is -2.23. The minimum absolute atomic E-state index is 0.104. The zero-order valence-electron chi connectivity index (χ0n) is 17.7. The van der Waals surface area contributed by atoms with Crippen LogP contribution in [0.15, 0.2) is 78.9 Å². The molecule has 0 bridgehead atoms. The largest absolute Gasteiger partial charge is 0.495 e. The highest BCUT2D eigenvalue weighted by Gasteiger charge is 2.17. The molecule has 0 saturated heterocycles. The maximum Gasteiger partial charge on any atom is 0.326 e. The van der Waals surface area contributed by atoms with Crippen molar-refractivity contribution in [2.45, 2.75) is 6.42 Å². The van der Waals surface area contributed by atoms with Gasteiger partial charge in [-0.1, -0.05) is 42.5 Å². The zero-order chi connectivity index (χ0) is 22.8. The van der Waals surface area contributed by atoms with E-state index in [1.54, 1.807) is 42.5 Å². The monoisotopic (exact) mass is 436 g/mol. The van der Waals surface area contributed by atoms with Crippen molar-refractivity contribution in [1.29, 1.82) is 0 Å². The quantitative estimate of drug-likeness (QED) is 0.431. The molecule has 0 fully saturated rings. The lowest BCUT2D eigenvalue weighted by atomic mass is 10.2. The molecular formula is C24H25FN4O3. The average molecular weight is 436 g/mol. The predicted octanol–water partition coefficient (Wildman–Crippen LogP) is 5.08. The summed E-state index contributed by atoms with van der Waals surface area (Å²) in [6.07, 6.45) is 0.485. The van der Waals surface area contributed by atoms with E-state index in [9.17, 15) is 14.0 Å². The van der Waals surface area contributed by atoms with E-state index in [4.69, 9.17) is 4.74 Å². The molecule has 7 nitrogen and oxygen atoms in total. The van der Waals surface area contributed by atoms with Gasteiger partial charge >= 0.3 is 12.1 Å². The topological polar surface area (TPSA) is 82.7 Å². The van der Waals surface area contributed by atoms with Crippen LogP contribution in [0.4, 0.5) is 31.0 Å². The first-order chi connectivity index (χ1) is 15.6. The lowest BCUT2D eigenvalue weighted by Crippen LogP contribution is -2.38. The number of halogens is 1. The van der Waals surface area contributed by atoms with E-state index < -0.39 is 11.8 Å². The first-order valence-corrected chi connectivity index (χ1v) is 10.1. The number of anilines is 3. The Bertz CT molecular complexity index is 1050. The van der Waals surface area contributed by atoms with E-state index in [0.29, 0.717) is 36.6 Å². The van der Waals surface area contributed by atoms with Gasteiger partial charge in [-0.25, -0.2) is 14.0 Å². The number of benzene rings is 3. The molecule has 0 radical (unpaired) electrons. The van der Waals surface area contributed by atoms with Crippen LogP contribution in [-0.4, -0.2) is 32.3 Å². The fourth-order valence-corrected chi connectivity index (χ4v) is 3.05. The Labute approximate surface area is 186 Å². The molecule has 3 aromatic rings. The fourth-order valence-electron chi connectivity index (χ4n) is 3.05. The number of amides is 4. The van der Waals surface area contributed by atoms with Crippen LogP contribution in [0.2, 0.25) is 0 Å². The SMILES string of the molecule is COc1ccccc1NC(=O)NCCCN(C(=O)Nc1ccccc1F)c1ccccc1. The van der Waals surface area contributed by atoms with Crippen molar-refractivity contribution in [2.75, 3.05) is 35.7 Å². The number of para-hydroxylation sites is 4. The minimum Gasteiger partial charge on any atom is -0.495 e. The van der Waals surface area contributed by atoms with Gasteiger partial charge in [0.25, 0.3) is 0 Å². The lowest BCUT2D eigenvalue weighted by molar-refractivity contribution is 0.252. The molecule has 0 atom stereocenters. The average Bonchev–Trinajstić information content (AvgIpc) is 2.81. The van der Waals surface area contributed by atoms with Crippen LogP contribution in [0.5, 0.6) is 5.75 Å². The summed E-state index contributed by atoms with van der Waals surface area (Å²) in [5, 5.41) is 8.10. The molecule has 0 unspecified atom stereocenters. The number of hydrogen-bond donors (Lipinski definition) is 3. The number of carbonyl (C=O) groups is 2. The Morgan fingerprint density at radius 1 is 0.875 bits per heavy atom. The summed E-state index contributed by atoms with van der Waals surface area (Å²) in [6.45, 7) is 0.649. The number of hydrogen-bond acceptors (Lipinski definition) is 3. The molecular weight excluding hydrogens is 411 g/mol.